The molecule has 124 valence electrons. The summed E-state index contributed by atoms with van der Waals surface area (Å²) in [7, 11) is 0. The van der Waals surface area contributed by atoms with Crippen LogP contribution in [0.4, 0.5) is 0 Å². The number of carbonyl (C=O) groups excluding carboxylic acids is 1. The van der Waals surface area contributed by atoms with Crippen LogP contribution in [0, 0.1) is 0 Å². The minimum Gasteiger partial charge on any atom is -0.378 e. The molecule has 22 heavy (non-hydrogen) atoms. The Morgan fingerprint density at radius 2 is 2.05 bits per heavy atom. The Bertz CT molecular complexity index is 465. The predicted octanol–water partition coefficient (Wildman–Crippen LogP) is 2.80. The lowest BCUT2D eigenvalue weighted by molar-refractivity contribution is 0.00835. The average molecular weight is 345 g/mol. The highest BCUT2D eigenvalue weighted by molar-refractivity contribution is 7.98. The first-order valence-electron chi connectivity index (χ1n) is 7.50. The van der Waals surface area contributed by atoms with Crippen LogP contribution < -0.4 is 5.73 Å². The van der Waals surface area contributed by atoms with Crippen LogP contribution in [0.3, 0.4) is 0 Å². The van der Waals surface area contributed by atoms with E-state index in [1.807, 2.05) is 35.4 Å². The molecule has 0 unspecified atom stereocenters. The quantitative estimate of drug-likeness (QED) is 0.637. The number of halogens is 1. The van der Waals surface area contributed by atoms with Gasteiger partial charge in [0.2, 0.25) is 0 Å². The molecular formula is C16H25ClN2O2S. The second kappa shape index (κ2) is 10.1. The first-order valence-corrected chi connectivity index (χ1v) is 8.72. The molecule has 0 atom stereocenters. The topological polar surface area (TPSA) is 55.6 Å². The van der Waals surface area contributed by atoms with Crippen LogP contribution in [0.5, 0.6) is 0 Å². The fourth-order valence-electron chi connectivity index (χ4n) is 2.55. The zero-order valence-electron chi connectivity index (χ0n) is 13.0. The summed E-state index contributed by atoms with van der Waals surface area (Å²) in [5, 5.41) is 0. The molecule has 0 bridgehead atoms. The van der Waals surface area contributed by atoms with Crippen molar-refractivity contribution in [2.75, 3.05) is 32.5 Å². The first-order chi connectivity index (χ1) is 10.3. The molecule has 4 nitrogen and oxygen atoms in total. The molecule has 1 aliphatic rings. The van der Waals surface area contributed by atoms with Crippen molar-refractivity contribution in [1.29, 1.82) is 0 Å². The summed E-state index contributed by atoms with van der Waals surface area (Å²) >= 11 is 1.62. The van der Waals surface area contributed by atoms with E-state index in [1.54, 1.807) is 11.8 Å². The van der Waals surface area contributed by atoms with E-state index in [9.17, 15) is 4.79 Å². The number of carbonyl (C=O) groups is 1. The third-order valence-corrected chi connectivity index (χ3v) is 4.56. The lowest BCUT2D eigenvalue weighted by atomic mass is 10.1. The molecule has 1 heterocycles. The summed E-state index contributed by atoms with van der Waals surface area (Å²) in [6.45, 7) is 2.94. The number of hydrogen-bond acceptors (Lipinski definition) is 4. The van der Waals surface area contributed by atoms with Gasteiger partial charge in [0, 0.05) is 24.6 Å². The van der Waals surface area contributed by atoms with Crippen molar-refractivity contribution in [2.45, 2.75) is 30.3 Å². The number of hydrogen-bond donors (Lipinski definition) is 1. The summed E-state index contributed by atoms with van der Waals surface area (Å²) in [5.74, 6) is 0.139. The van der Waals surface area contributed by atoms with Crippen LogP contribution in [-0.2, 0) is 4.74 Å². The fourth-order valence-corrected chi connectivity index (χ4v) is 3.14. The molecule has 0 aliphatic carbocycles. The van der Waals surface area contributed by atoms with E-state index in [4.69, 9.17) is 10.5 Å². The molecule has 6 heteroatoms. The van der Waals surface area contributed by atoms with E-state index < -0.39 is 0 Å². The largest absolute Gasteiger partial charge is 0.378 e. The third kappa shape index (κ3) is 5.16. The summed E-state index contributed by atoms with van der Waals surface area (Å²) in [6, 6.07) is 7.81. The molecule has 0 radical (unpaired) electrons. The zero-order valence-corrected chi connectivity index (χ0v) is 14.6. The Hall–Kier alpha value is -0.750. The molecule has 1 amide bonds. The summed E-state index contributed by atoms with van der Waals surface area (Å²) < 4.78 is 5.78. The van der Waals surface area contributed by atoms with Crippen molar-refractivity contribution in [3.05, 3.63) is 29.8 Å². The van der Waals surface area contributed by atoms with E-state index in [-0.39, 0.29) is 24.4 Å². The van der Waals surface area contributed by atoms with Gasteiger partial charge in [0.05, 0.1) is 11.7 Å². The van der Waals surface area contributed by atoms with Gasteiger partial charge in [0.25, 0.3) is 5.91 Å². The second-order valence-electron chi connectivity index (χ2n) is 5.20. The molecule has 1 aromatic rings. The van der Waals surface area contributed by atoms with Gasteiger partial charge in [-0.25, -0.2) is 0 Å². The Morgan fingerprint density at radius 3 is 2.68 bits per heavy atom. The van der Waals surface area contributed by atoms with Crippen molar-refractivity contribution in [3.63, 3.8) is 0 Å². The van der Waals surface area contributed by atoms with Gasteiger partial charge in [-0.15, -0.1) is 24.2 Å². The highest BCUT2D eigenvalue weighted by atomic mass is 35.5. The number of amides is 1. The first kappa shape index (κ1) is 19.3. The Labute approximate surface area is 143 Å². The Balaban J connectivity index is 0.00000242. The fraction of sp³-hybridized carbons (Fsp3) is 0.562. The molecule has 0 aromatic heterocycles. The van der Waals surface area contributed by atoms with Crippen LogP contribution in [0.25, 0.3) is 0 Å². The van der Waals surface area contributed by atoms with E-state index in [1.165, 1.54) is 0 Å². The number of piperidine rings is 1. The highest BCUT2D eigenvalue weighted by Gasteiger charge is 2.25. The smallest absolute Gasteiger partial charge is 0.254 e. The molecule has 1 aliphatic heterocycles. The lowest BCUT2D eigenvalue weighted by Gasteiger charge is -2.32. The van der Waals surface area contributed by atoms with Crippen molar-refractivity contribution in [3.8, 4) is 0 Å². The molecule has 1 saturated heterocycles. The zero-order chi connectivity index (χ0) is 15.1. The maximum absolute atomic E-state index is 12.6. The van der Waals surface area contributed by atoms with Gasteiger partial charge in [-0.1, -0.05) is 12.1 Å². The van der Waals surface area contributed by atoms with Gasteiger partial charge in [-0.2, -0.15) is 0 Å². The van der Waals surface area contributed by atoms with Crippen molar-refractivity contribution >= 4 is 30.1 Å². The minimum absolute atomic E-state index is 0. The number of benzene rings is 1. The molecule has 0 spiro atoms. The summed E-state index contributed by atoms with van der Waals surface area (Å²) in [6.07, 6.45) is 5.01. The van der Waals surface area contributed by atoms with Gasteiger partial charge in [0.15, 0.2) is 0 Å². The Morgan fingerprint density at radius 1 is 1.36 bits per heavy atom. The number of nitrogens with two attached hydrogens (primary N) is 1. The van der Waals surface area contributed by atoms with E-state index >= 15 is 0 Å². The molecule has 1 aromatic carbocycles. The standard InChI is InChI=1S/C16H24N2O2S.ClH/c1-21-15-6-3-2-5-14(15)16(19)18-10-7-13(8-11-18)20-12-4-9-17;/h2-3,5-6,13H,4,7-12,17H2,1H3;1H. The average Bonchev–Trinajstić information content (AvgIpc) is 2.55. The van der Waals surface area contributed by atoms with Gasteiger partial charge in [-0.3, -0.25) is 4.79 Å². The maximum Gasteiger partial charge on any atom is 0.254 e. The van der Waals surface area contributed by atoms with Crippen molar-refractivity contribution in [1.82, 2.24) is 4.90 Å². The van der Waals surface area contributed by atoms with Gasteiger partial charge in [0.1, 0.15) is 0 Å². The van der Waals surface area contributed by atoms with Crippen LogP contribution in [0.2, 0.25) is 0 Å². The molecule has 1 fully saturated rings. The van der Waals surface area contributed by atoms with Crippen molar-refractivity contribution in [2.24, 2.45) is 5.73 Å². The molecule has 2 rings (SSSR count). The van der Waals surface area contributed by atoms with E-state index in [0.717, 1.165) is 49.4 Å². The lowest BCUT2D eigenvalue weighted by Crippen LogP contribution is -2.41. The van der Waals surface area contributed by atoms with E-state index in [2.05, 4.69) is 0 Å². The Kier molecular flexibility index (Phi) is 8.86. The SMILES string of the molecule is CSc1ccccc1C(=O)N1CCC(OCCCN)CC1.Cl. The summed E-state index contributed by atoms with van der Waals surface area (Å²) in [4.78, 5) is 15.6. The second-order valence-corrected chi connectivity index (χ2v) is 6.05. The van der Waals surface area contributed by atoms with Crippen LogP contribution in [0.1, 0.15) is 29.6 Å². The van der Waals surface area contributed by atoms with Gasteiger partial charge in [-0.05, 0) is 44.2 Å². The molecular weight excluding hydrogens is 320 g/mol. The molecule has 2 N–H and O–H groups in total. The maximum atomic E-state index is 12.6. The number of likely N-dealkylation sites (tertiary alicyclic amines) is 1. The van der Waals surface area contributed by atoms with Gasteiger partial charge < -0.3 is 15.4 Å². The van der Waals surface area contributed by atoms with Crippen LogP contribution in [0.15, 0.2) is 29.2 Å². The monoisotopic (exact) mass is 344 g/mol. The molecule has 0 saturated carbocycles. The number of thioether (sulfide) groups is 1. The third-order valence-electron chi connectivity index (χ3n) is 3.77. The van der Waals surface area contributed by atoms with Crippen LogP contribution in [-0.4, -0.2) is 49.4 Å². The predicted molar refractivity (Wildman–Crippen MR) is 94.0 cm³/mol. The normalized spacial score (nSPS) is 15.5. The minimum atomic E-state index is 0. The van der Waals surface area contributed by atoms with E-state index in [0.29, 0.717) is 6.54 Å². The summed E-state index contributed by atoms with van der Waals surface area (Å²) in [5.41, 5.74) is 6.28. The van der Waals surface area contributed by atoms with Gasteiger partial charge >= 0.3 is 0 Å². The highest BCUT2D eigenvalue weighted by Crippen LogP contribution is 2.23. The van der Waals surface area contributed by atoms with Crippen molar-refractivity contribution < 1.29 is 9.53 Å². The number of ether oxygens (including phenoxy) is 1. The number of nitrogens with zero attached hydrogens (tertiary/aromatic N) is 1. The van der Waals surface area contributed by atoms with Crippen LogP contribution >= 0.6 is 24.2 Å². The number of rotatable bonds is 6.